The molecule has 0 aliphatic carbocycles. The summed E-state index contributed by atoms with van der Waals surface area (Å²) in [5.41, 5.74) is 0.673. The largest absolute Gasteiger partial charge is 0.342 e. The molecular weight excluding hydrogens is 317 g/mol. The molecule has 1 amide bonds. The highest BCUT2D eigenvalue weighted by atomic mass is 32.2. The van der Waals surface area contributed by atoms with Crippen molar-refractivity contribution in [3.05, 3.63) is 30.1 Å². The number of likely N-dealkylation sites (tertiary alicyclic amines) is 1. The Balaban J connectivity index is 1.74. The highest BCUT2D eigenvalue weighted by Gasteiger charge is 2.26. The standard InChI is InChI=1S/C15H18FN5OS/c1-10(14(22)20-8-2-3-9-20)23-15-19-18-13(21(15)17)11-4-6-12(16)7-5-11/h4-7,10H,2-3,8-9,17H2,1H3/t10-/m0/s1. The van der Waals surface area contributed by atoms with Crippen LogP contribution < -0.4 is 5.84 Å². The predicted octanol–water partition coefficient (Wildman–Crippen LogP) is 1.90. The summed E-state index contributed by atoms with van der Waals surface area (Å²) >= 11 is 1.28. The van der Waals surface area contributed by atoms with Gasteiger partial charge in [0, 0.05) is 18.7 Å². The zero-order chi connectivity index (χ0) is 16.4. The minimum atomic E-state index is -0.323. The highest BCUT2D eigenvalue weighted by molar-refractivity contribution is 8.00. The molecule has 23 heavy (non-hydrogen) atoms. The molecule has 0 bridgehead atoms. The lowest BCUT2D eigenvalue weighted by Gasteiger charge is -2.19. The first kappa shape index (κ1) is 15.8. The lowest BCUT2D eigenvalue weighted by molar-refractivity contribution is -0.129. The average molecular weight is 335 g/mol. The maximum Gasteiger partial charge on any atom is 0.235 e. The van der Waals surface area contributed by atoms with E-state index >= 15 is 0 Å². The predicted molar refractivity (Wildman–Crippen MR) is 86.7 cm³/mol. The number of carbonyl (C=O) groups excluding carboxylic acids is 1. The lowest BCUT2D eigenvalue weighted by atomic mass is 10.2. The van der Waals surface area contributed by atoms with E-state index in [-0.39, 0.29) is 17.0 Å². The van der Waals surface area contributed by atoms with E-state index in [0.29, 0.717) is 16.5 Å². The molecule has 0 saturated carbocycles. The topological polar surface area (TPSA) is 77.0 Å². The van der Waals surface area contributed by atoms with Crippen LogP contribution in [0.5, 0.6) is 0 Å². The number of halogens is 1. The van der Waals surface area contributed by atoms with E-state index in [9.17, 15) is 9.18 Å². The molecule has 1 atom stereocenters. The van der Waals surface area contributed by atoms with Crippen LogP contribution in [0.25, 0.3) is 11.4 Å². The Labute approximate surface area is 137 Å². The number of thioether (sulfide) groups is 1. The Morgan fingerprint density at radius 1 is 1.26 bits per heavy atom. The number of nitrogen functional groups attached to an aromatic ring is 1. The maximum atomic E-state index is 13.0. The third-order valence-corrected chi connectivity index (χ3v) is 4.86. The van der Waals surface area contributed by atoms with Crippen molar-refractivity contribution < 1.29 is 9.18 Å². The summed E-state index contributed by atoms with van der Waals surface area (Å²) in [5, 5.41) is 8.28. The Kier molecular flexibility index (Phi) is 4.51. The summed E-state index contributed by atoms with van der Waals surface area (Å²) in [6, 6.07) is 5.87. The van der Waals surface area contributed by atoms with Crippen molar-refractivity contribution in [2.75, 3.05) is 18.9 Å². The Morgan fingerprint density at radius 3 is 2.57 bits per heavy atom. The van der Waals surface area contributed by atoms with Crippen molar-refractivity contribution in [1.82, 2.24) is 19.8 Å². The fourth-order valence-corrected chi connectivity index (χ4v) is 3.41. The van der Waals surface area contributed by atoms with Crippen LogP contribution in [0.4, 0.5) is 4.39 Å². The van der Waals surface area contributed by atoms with E-state index in [2.05, 4.69) is 10.2 Å². The smallest absolute Gasteiger partial charge is 0.235 e. The number of benzene rings is 1. The zero-order valence-electron chi connectivity index (χ0n) is 12.8. The van der Waals surface area contributed by atoms with Crippen LogP contribution in [0.3, 0.4) is 0 Å². The van der Waals surface area contributed by atoms with Crippen LogP contribution in [0.15, 0.2) is 29.4 Å². The number of amides is 1. The molecule has 1 aliphatic rings. The highest BCUT2D eigenvalue weighted by Crippen LogP contribution is 2.26. The number of carbonyl (C=O) groups is 1. The Morgan fingerprint density at radius 2 is 1.91 bits per heavy atom. The minimum absolute atomic E-state index is 0.0961. The third kappa shape index (κ3) is 3.31. The van der Waals surface area contributed by atoms with Crippen LogP contribution >= 0.6 is 11.8 Å². The van der Waals surface area contributed by atoms with Gasteiger partial charge in [-0.25, -0.2) is 9.07 Å². The van der Waals surface area contributed by atoms with Crippen molar-refractivity contribution >= 4 is 17.7 Å². The number of hydrogen-bond donors (Lipinski definition) is 1. The first-order chi connectivity index (χ1) is 11.1. The van der Waals surface area contributed by atoms with Gasteiger partial charge in [0.05, 0.1) is 5.25 Å². The quantitative estimate of drug-likeness (QED) is 0.682. The molecule has 8 heteroatoms. The van der Waals surface area contributed by atoms with Gasteiger partial charge in [0.25, 0.3) is 0 Å². The summed E-state index contributed by atoms with van der Waals surface area (Å²) in [4.78, 5) is 14.2. The monoisotopic (exact) mass is 335 g/mol. The molecule has 6 nitrogen and oxygen atoms in total. The summed E-state index contributed by atoms with van der Waals surface area (Å²) in [5.74, 6) is 6.24. The number of hydrogen-bond acceptors (Lipinski definition) is 5. The second kappa shape index (κ2) is 6.57. The van der Waals surface area contributed by atoms with Gasteiger partial charge in [0.15, 0.2) is 5.82 Å². The molecular formula is C15H18FN5OS. The van der Waals surface area contributed by atoms with E-state index in [1.807, 2.05) is 11.8 Å². The first-order valence-electron chi connectivity index (χ1n) is 7.48. The lowest BCUT2D eigenvalue weighted by Crippen LogP contribution is -2.34. The summed E-state index contributed by atoms with van der Waals surface area (Å²) in [7, 11) is 0. The van der Waals surface area contributed by atoms with Gasteiger partial charge >= 0.3 is 0 Å². The molecule has 1 fully saturated rings. The zero-order valence-corrected chi connectivity index (χ0v) is 13.6. The van der Waals surface area contributed by atoms with Crippen molar-refractivity contribution in [2.45, 2.75) is 30.2 Å². The summed E-state index contributed by atoms with van der Waals surface area (Å²) < 4.78 is 14.3. The fraction of sp³-hybridized carbons (Fsp3) is 0.400. The van der Waals surface area contributed by atoms with Crippen LogP contribution in [-0.4, -0.2) is 44.0 Å². The van der Waals surface area contributed by atoms with Gasteiger partial charge in [-0.05, 0) is 44.0 Å². The summed E-state index contributed by atoms with van der Waals surface area (Å²) in [6.07, 6.45) is 2.12. The second-order valence-electron chi connectivity index (χ2n) is 5.48. The molecule has 3 rings (SSSR count). The van der Waals surface area contributed by atoms with Crippen molar-refractivity contribution in [2.24, 2.45) is 0 Å². The molecule has 2 heterocycles. The summed E-state index contributed by atoms with van der Waals surface area (Å²) in [6.45, 7) is 3.48. The Hall–Kier alpha value is -2.09. The van der Waals surface area contributed by atoms with Gasteiger partial charge in [-0.15, -0.1) is 10.2 Å². The van der Waals surface area contributed by atoms with Crippen LogP contribution in [0.2, 0.25) is 0 Å². The van der Waals surface area contributed by atoms with Gasteiger partial charge in [-0.2, -0.15) is 0 Å². The van der Waals surface area contributed by atoms with Gasteiger partial charge in [-0.1, -0.05) is 11.8 Å². The second-order valence-corrected chi connectivity index (χ2v) is 6.78. The molecule has 0 radical (unpaired) electrons. The molecule has 122 valence electrons. The Bertz CT molecular complexity index is 696. The third-order valence-electron chi connectivity index (χ3n) is 3.81. The molecule has 1 saturated heterocycles. The van der Waals surface area contributed by atoms with E-state index in [0.717, 1.165) is 25.9 Å². The average Bonchev–Trinajstić information content (AvgIpc) is 3.19. The minimum Gasteiger partial charge on any atom is -0.342 e. The normalized spacial score (nSPS) is 15.8. The van der Waals surface area contributed by atoms with Crippen LogP contribution in [-0.2, 0) is 4.79 Å². The van der Waals surface area contributed by atoms with E-state index in [4.69, 9.17) is 5.84 Å². The number of nitrogens with zero attached hydrogens (tertiary/aromatic N) is 4. The molecule has 1 aromatic heterocycles. The van der Waals surface area contributed by atoms with E-state index in [1.165, 1.54) is 28.6 Å². The SMILES string of the molecule is C[C@H](Sc1nnc(-c2ccc(F)cc2)n1N)C(=O)N1CCCC1. The molecule has 1 aromatic carbocycles. The molecule has 2 N–H and O–H groups in total. The number of nitrogens with two attached hydrogens (primary N) is 1. The van der Waals surface area contributed by atoms with Crippen LogP contribution in [0.1, 0.15) is 19.8 Å². The number of rotatable bonds is 4. The van der Waals surface area contributed by atoms with E-state index < -0.39 is 0 Å². The molecule has 2 aromatic rings. The van der Waals surface area contributed by atoms with Crippen molar-refractivity contribution in [3.63, 3.8) is 0 Å². The first-order valence-corrected chi connectivity index (χ1v) is 8.36. The number of aromatic nitrogens is 3. The molecule has 0 spiro atoms. The van der Waals surface area contributed by atoms with Gasteiger partial charge in [-0.3, -0.25) is 4.79 Å². The van der Waals surface area contributed by atoms with Crippen molar-refractivity contribution in [1.29, 1.82) is 0 Å². The van der Waals surface area contributed by atoms with Gasteiger partial charge in [0.1, 0.15) is 5.82 Å². The molecule has 1 aliphatic heterocycles. The maximum absolute atomic E-state index is 13.0. The van der Waals surface area contributed by atoms with E-state index in [1.54, 1.807) is 12.1 Å². The van der Waals surface area contributed by atoms with Gasteiger partial charge in [0.2, 0.25) is 11.1 Å². The van der Waals surface area contributed by atoms with Crippen LogP contribution in [0, 0.1) is 5.82 Å². The molecule has 0 unspecified atom stereocenters. The fourth-order valence-electron chi connectivity index (χ4n) is 2.56. The van der Waals surface area contributed by atoms with Gasteiger partial charge < -0.3 is 10.7 Å². The van der Waals surface area contributed by atoms with Crippen molar-refractivity contribution in [3.8, 4) is 11.4 Å².